The molecule has 1 saturated heterocycles. The van der Waals surface area contributed by atoms with Crippen molar-refractivity contribution in [3.63, 3.8) is 0 Å². The molecule has 1 aliphatic heterocycles. The summed E-state index contributed by atoms with van der Waals surface area (Å²) in [7, 11) is 0. The van der Waals surface area contributed by atoms with Crippen molar-refractivity contribution in [3.05, 3.63) is 47.7 Å². The molecule has 1 unspecified atom stereocenters. The van der Waals surface area contributed by atoms with Crippen LogP contribution in [0.1, 0.15) is 29.6 Å². The number of likely N-dealkylation sites (tertiary alicyclic amines) is 1. The highest BCUT2D eigenvalue weighted by Gasteiger charge is 2.34. The van der Waals surface area contributed by atoms with Gasteiger partial charge in [-0.05, 0) is 25.0 Å². The highest BCUT2D eigenvalue weighted by atomic mass is 16.2. The molecular formula is C15H15NO2. The summed E-state index contributed by atoms with van der Waals surface area (Å²) in [5, 5.41) is 0. The molecule has 3 rings (SSSR count). The van der Waals surface area contributed by atoms with E-state index in [0.717, 1.165) is 25.1 Å². The summed E-state index contributed by atoms with van der Waals surface area (Å²) in [6, 6.07) is 9.26. The minimum atomic E-state index is 0.0130. The average molecular weight is 241 g/mol. The number of nitrogens with zero attached hydrogens (tertiary/aromatic N) is 1. The monoisotopic (exact) mass is 241 g/mol. The Morgan fingerprint density at radius 1 is 1.17 bits per heavy atom. The summed E-state index contributed by atoms with van der Waals surface area (Å²) >= 11 is 0. The van der Waals surface area contributed by atoms with Crippen LogP contribution in [0, 0.1) is 5.92 Å². The summed E-state index contributed by atoms with van der Waals surface area (Å²) in [4.78, 5) is 25.7. The number of carbonyl (C=O) groups excluding carboxylic acids is 2. The number of hydrogen-bond acceptors (Lipinski definition) is 2. The van der Waals surface area contributed by atoms with Gasteiger partial charge in [0, 0.05) is 36.2 Å². The van der Waals surface area contributed by atoms with E-state index >= 15 is 0 Å². The zero-order chi connectivity index (χ0) is 12.5. The Morgan fingerprint density at radius 3 is 2.72 bits per heavy atom. The van der Waals surface area contributed by atoms with Crippen LogP contribution >= 0.6 is 0 Å². The first kappa shape index (κ1) is 11.2. The molecule has 1 heterocycles. The van der Waals surface area contributed by atoms with Gasteiger partial charge in [0.1, 0.15) is 0 Å². The topological polar surface area (TPSA) is 37.4 Å². The van der Waals surface area contributed by atoms with Gasteiger partial charge >= 0.3 is 0 Å². The molecule has 1 atom stereocenters. The van der Waals surface area contributed by atoms with E-state index in [1.54, 1.807) is 11.0 Å². The Hall–Kier alpha value is -1.90. The summed E-state index contributed by atoms with van der Waals surface area (Å²) in [6.45, 7) is 0.734. The second-order valence-corrected chi connectivity index (χ2v) is 4.88. The van der Waals surface area contributed by atoms with Gasteiger partial charge in [-0.15, -0.1) is 0 Å². The van der Waals surface area contributed by atoms with Crippen LogP contribution in [0.4, 0.5) is 0 Å². The van der Waals surface area contributed by atoms with Crippen molar-refractivity contribution in [1.82, 2.24) is 4.90 Å². The van der Waals surface area contributed by atoms with Crippen molar-refractivity contribution < 1.29 is 9.59 Å². The third kappa shape index (κ3) is 1.86. The first-order valence-electron chi connectivity index (χ1n) is 6.37. The molecule has 0 bridgehead atoms. The van der Waals surface area contributed by atoms with Crippen LogP contribution in [0.25, 0.3) is 0 Å². The summed E-state index contributed by atoms with van der Waals surface area (Å²) in [6.07, 6.45) is 4.17. The van der Waals surface area contributed by atoms with E-state index < -0.39 is 0 Å². The highest BCUT2D eigenvalue weighted by molar-refractivity contribution is 5.98. The maximum atomic E-state index is 12.4. The summed E-state index contributed by atoms with van der Waals surface area (Å²) < 4.78 is 0. The second kappa shape index (κ2) is 4.41. The van der Waals surface area contributed by atoms with Crippen molar-refractivity contribution >= 4 is 11.7 Å². The number of allylic oxidation sites excluding steroid dienone is 2. The third-order valence-corrected chi connectivity index (χ3v) is 3.75. The fourth-order valence-electron chi connectivity index (χ4n) is 2.78. The van der Waals surface area contributed by atoms with Crippen LogP contribution < -0.4 is 0 Å². The number of rotatable bonds is 1. The van der Waals surface area contributed by atoms with E-state index in [0.29, 0.717) is 17.9 Å². The fourth-order valence-corrected chi connectivity index (χ4v) is 2.78. The van der Waals surface area contributed by atoms with Gasteiger partial charge in [-0.3, -0.25) is 9.59 Å². The number of fused-ring (bicyclic) bond motifs is 1. The van der Waals surface area contributed by atoms with E-state index in [9.17, 15) is 9.59 Å². The molecular weight excluding hydrogens is 226 g/mol. The number of benzene rings is 1. The highest BCUT2D eigenvalue weighted by Crippen LogP contribution is 2.35. The number of ketones is 1. The summed E-state index contributed by atoms with van der Waals surface area (Å²) in [5.74, 6) is 0.559. The van der Waals surface area contributed by atoms with E-state index in [1.807, 2.05) is 30.3 Å². The van der Waals surface area contributed by atoms with Gasteiger partial charge in [0.2, 0.25) is 0 Å². The van der Waals surface area contributed by atoms with Crippen molar-refractivity contribution in [1.29, 1.82) is 0 Å². The lowest BCUT2D eigenvalue weighted by molar-refractivity contribution is -0.115. The van der Waals surface area contributed by atoms with Crippen LogP contribution in [0.15, 0.2) is 42.1 Å². The molecule has 1 aromatic carbocycles. The van der Waals surface area contributed by atoms with Crippen LogP contribution in [0.2, 0.25) is 0 Å². The Labute approximate surface area is 106 Å². The molecule has 92 valence electrons. The summed E-state index contributed by atoms with van der Waals surface area (Å²) in [5.41, 5.74) is 1.62. The molecule has 0 spiro atoms. The zero-order valence-corrected chi connectivity index (χ0v) is 10.1. The Balaban J connectivity index is 1.89. The molecule has 0 N–H and O–H groups in total. The average Bonchev–Trinajstić information content (AvgIpc) is 2.82. The normalized spacial score (nSPS) is 22.7. The molecule has 18 heavy (non-hydrogen) atoms. The van der Waals surface area contributed by atoms with Gasteiger partial charge in [-0.1, -0.05) is 18.2 Å². The largest absolute Gasteiger partial charge is 0.312 e. The molecule has 1 amide bonds. The Kier molecular flexibility index (Phi) is 2.74. The molecule has 3 heteroatoms. The molecule has 0 saturated carbocycles. The van der Waals surface area contributed by atoms with Gasteiger partial charge in [0.25, 0.3) is 5.91 Å². The lowest BCUT2D eigenvalue weighted by Gasteiger charge is -2.23. The smallest absolute Gasteiger partial charge is 0.258 e. The zero-order valence-electron chi connectivity index (χ0n) is 10.1. The molecule has 1 aliphatic carbocycles. The number of carbonyl (C=O) groups is 2. The van der Waals surface area contributed by atoms with E-state index in [1.165, 1.54) is 0 Å². The molecule has 2 aliphatic rings. The SMILES string of the molecule is O=C1C=C2C(CC1)CCN2C(=O)c1ccccc1. The quantitative estimate of drug-likeness (QED) is 0.757. The van der Waals surface area contributed by atoms with Gasteiger partial charge < -0.3 is 4.90 Å². The predicted octanol–water partition coefficient (Wildman–Crippen LogP) is 2.40. The van der Waals surface area contributed by atoms with Crippen molar-refractivity contribution in [2.45, 2.75) is 19.3 Å². The minimum Gasteiger partial charge on any atom is -0.312 e. The van der Waals surface area contributed by atoms with Crippen LogP contribution in [0.5, 0.6) is 0 Å². The molecule has 0 aromatic heterocycles. The first-order valence-corrected chi connectivity index (χ1v) is 6.37. The molecule has 3 nitrogen and oxygen atoms in total. The first-order chi connectivity index (χ1) is 8.75. The number of amides is 1. The van der Waals surface area contributed by atoms with Crippen LogP contribution in [0.3, 0.4) is 0 Å². The maximum Gasteiger partial charge on any atom is 0.258 e. The van der Waals surface area contributed by atoms with Gasteiger partial charge in [0.05, 0.1) is 0 Å². The van der Waals surface area contributed by atoms with E-state index in [-0.39, 0.29) is 11.7 Å². The molecule has 1 fully saturated rings. The van der Waals surface area contributed by atoms with Crippen LogP contribution in [-0.4, -0.2) is 23.1 Å². The standard InChI is InChI=1S/C15H15NO2/c17-13-7-6-11-8-9-16(14(11)10-13)15(18)12-4-2-1-3-5-12/h1-5,10-11H,6-9H2. The van der Waals surface area contributed by atoms with E-state index in [2.05, 4.69) is 0 Å². The third-order valence-electron chi connectivity index (χ3n) is 3.75. The lowest BCUT2D eigenvalue weighted by Crippen LogP contribution is -2.28. The predicted molar refractivity (Wildman–Crippen MR) is 67.9 cm³/mol. The van der Waals surface area contributed by atoms with Crippen molar-refractivity contribution in [2.24, 2.45) is 5.92 Å². The Morgan fingerprint density at radius 2 is 1.94 bits per heavy atom. The second-order valence-electron chi connectivity index (χ2n) is 4.88. The van der Waals surface area contributed by atoms with Gasteiger partial charge in [-0.25, -0.2) is 0 Å². The number of hydrogen-bond donors (Lipinski definition) is 0. The fraction of sp³-hybridized carbons (Fsp3) is 0.333. The van der Waals surface area contributed by atoms with Gasteiger partial charge in [0.15, 0.2) is 5.78 Å². The van der Waals surface area contributed by atoms with Gasteiger partial charge in [-0.2, -0.15) is 0 Å². The van der Waals surface area contributed by atoms with Crippen LogP contribution in [-0.2, 0) is 4.79 Å². The Bertz CT molecular complexity index is 519. The maximum absolute atomic E-state index is 12.4. The van der Waals surface area contributed by atoms with Crippen molar-refractivity contribution in [3.8, 4) is 0 Å². The molecule has 0 radical (unpaired) electrons. The molecule has 1 aromatic rings. The lowest BCUT2D eigenvalue weighted by atomic mass is 9.92. The van der Waals surface area contributed by atoms with Crippen molar-refractivity contribution in [2.75, 3.05) is 6.54 Å². The minimum absolute atomic E-state index is 0.0130. The van der Waals surface area contributed by atoms with E-state index in [4.69, 9.17) is 0 Å².